The summed E-state index contributed by atoms with van der Waals surface area (Å²) in [7, 11) is 3.28. The molecule has 1 heterocycles. The summed E-state index contributed by atoms with van der Waals surface area (Å²) in [4.78, 5) is 8.58. The molecule has 1 aliphatic rings. The number of rotatable bonds is 6. The molecular formula is C17H22N4O2. The maximum Gasteiger partial charge on any atom is 0.142 e. The van der Waals surface area contributed by atoms with E-state index in [1.54, 1.807) is 20.5 Å². The first-order valence-corrected chi connectivity index (χ1v) is 7.86. The topological polar surface area (TPSA) is 68.3 Å². The molecule has 0 amide bonds. The minimum Gasteiger partial charge on any atom is -0.497 e. The highest BCUT2D eigenvalue weighted by atomic mass is 16.5. The van der Waals surface area contributed by atoms with E-state index in [-0.39, 0.29) is 0 Å². The van der Waals surface area contributed by atoms with Crippen LogP contribution in [0.15, 0.2) is 30.6 Å². The van der Waals surface area contributed by atoms with Gasteiger partial charge in [0.05, 0.1) is 19.9 Å². The summed E-state index contributed by atoms with van der Waals surface area (Å²) in [5.74, 6) is 3.05. The molecule has 6 heteroatoms. The van der Waals surface area contributed by atoms with Crippen LogP contribution in [0.25, 0.3) is 0 Å². The van der Waals surface area contributed by atoms with Crippen LogP contribution in [-0.2, 0) is 0 Å². The van der Waals surface area contributed by atoms with E-state index in [9.17, 15) is 0 Å². The van der Waals surface area contributed by atoms with E-state index in [4.69, 9.17) is 9.47 Å². The Labute approximate surface area is 136 Å². The van der Waals surface area contributed by atoms with Gasteiger partial charge in [0.2, 0.25) is 0 Å². The lowest BCUT2D eigenvalue weighted by molar-refractivity contribution is 0.405. The fourth-order valence-corrected chi connectivity index (χ4v) is 2.83. The average molecular weight is 314 g/mol. The van der Waals surface area contributed by atoms with Gasteiger partial charge in [0, 0.05) is 18.2 Å². The third-order valence-electron chi connectivity index (χ3n) is 4.04. The number of methoxy groups -OCH3 is 2. The number of hydrogen-bond acceptors (Lipinski definition) is 6. The molecular weight excluding hydrogens is 292 g/mol. The van der Waals surface area contributed by atoms with E-state index in [1.807, 2.05) is 24.3 Å². The molecule has 0 atom stereocenters. The first-order chi connectivity index (χ1) is 11.3. The van der Waals surface area contributed by atoms with Crippen molar-refractivity contribution in [2.24, 2.45) is 0 Å². The smallest absolute Gasteiger partial charge is 0.142 e. The van der Waals surface area contributed by atoms with Crippen molar-refractivity contribution in [3.8, 4) is 11.5 Å². The van der Waals surface area contributed by atoms with E-state index < -0.39 is 0 Å². The number of hydrogen-bond donors (Lipinski definition) is 2. The Morgan fingerprint density at radius 1 is 1.00 bits per heavy atom. The van der Waals surface area contributed by atoms with Crippen molar-refractivity contribution in [3.05, 3.63) is 30.6 Å². The van der Waals surface area contributed by atoms with Crippen molar-refractivity contribution in [1.82, 2.24) is 9.97 Å². The Hall–Kier alpha value is -2.50. The number of benzene rings is 1. The molecule has 1 aromatic heterocycles. The van der Waals surface area contributed by atoms with Crippen molar-refractivity contribution in [2.45, 2.75) is 31.7 Å². The van der Waals surface area contributed by atoms with E-state index >= 15 is 0 Å². The highest BCUT2D eigenvalue weighted by molar-refractivity contribution is 5.67. The SMILES string of the molecule is COc1ccc(OC)c(Nc2cc(NC3CCCC3)ncn2)c1. The van der Waals surface area contributed by atoms with Crippen molar-refractivity contribution < 1.29 is 9.47 Å². The Morgan fingerprint density at radius 3 is 2.52 bits per heavy atom. The summed E-state index contributed by atoms with van der Waals surface area (Å²) in [5.41, 5.74) is 0.803. The van der Waals surface area contributed by atoms with Crippen LogP contribution >= 0.6 is 0 Å². The van der Waals surface area contributed by atoms with Gasteiger partial charge in [0.25, 0.3) is 0 Å². The van der Waals surface area contributed by atoms with Gasteiger partial charge in [-0.15, -0.1) is 0 Å². The zero-order chi connectivity index (χ0) is 16.1. The minimum absolute atomic E-state index is 0.518. The van der Waals surface area contributed by atoms with E-state index in [2.05, 4.69) is 20.6 Å². The summed E-state index contributed by atoms with van der Waals surface area (Å²) in [6, 6.07) is 8.03. The molecule has 0 radical (unpaired) electrons. The molecule has 0 aliphatic heterocycles. The average Bonchev–Trinajstić information content (AvgIpc) is 3.08. The second kappa shape index (κ2) is 7.17. The summed E-state index contributed by atoms with van der Waals surface area (Å²) in [6.45, 7) is 0. The van der Waals surface area contributed by atoms with Crippen LogP contribution in [0.4, 0.5) is 17.3 Å². The molecule has 1 aliphatic carbocycles. The zero-order valence-electron chi connectivity index (χ0n) is 13.5. The second-order valence-corrected chi connectivity index (χ2v) is 5.61. The summed E-state index contributed by atoms with van der Waals surface area (Å²) in [5, 5.41) is 6.74. The number of aromatic nitrogens is 2. The zero-order valence-corrected chi connectivity index (χ0v) is 13.5. The summed E-state index contributed by atoms with van der Waals surface area (Å²) < 4.78 is 10.6. The Morgan fingerprint density at radius 2 is 1.78 bits per heavy atom. The number of nitrogens with one attached hydrogen (secondary N) is 2. The predicted octanol–water partition coefficient (Wildman–Crippen LogP) is 3.59. The van der Waals surface area contributed by atoms with E-state index in [0.29, 0.717) is 11.9 Å². The summed E-state index contributed by atoms with van der Waals surface area (Å²) >= 11 is 0. The van der Waals surface area contributed by atoms with Crippen molar-refractivity contribution in [3.63, 3.8) is 0 Å². The van der Waals surface area contributed by atoms with Gasteiger partial charge >= 0.3 is 0 Å². The van der Waals surface area contributed by atoms with Crippen molar-refractivity contribution in [2.75, 3.05) is 24.9 Å². The Balaban J connectivity index is 1.77. The van der Waals surface area contributed by atoms with Gasteiger partial charge in [0.15, 0.2) is 0 Å². The largest absolute Gasteiger partial charge is 0.497 e. The molecule has 6 nitrogen and oxygen atoms in total. The summed E-state index contributed by atoms with van der Waals surface area (Å²) in [6.07, 6.45) is 6.54. The predicted molar refractivity (Wildman–Crippen MR) is 90.7 cm³/mol. The lowest BCUT2D eigenvalue weighted by Crippen LogP contribution is -2.15. The van der Waals surface area contributed by atoms with Gasteiger partial charge in [-0.3, -0.25) is 0 Å². The Bertz CT molecular complexity index is 657. The lowest BCUT2D eigenvalue weighted by Gasteiger charge is -2.15. The number of anilines is 3. The molecule has 0 bridgehead atoms. The minimum atomic E-state index is 0.518. The van der Waals surface area contributed by atoms with Gasteiger partial charge in [-0.1, -0.05) is 12.8 Å². The Kier molecular flexibility index (Phi) is 4.80. The van der Waals surface area contributed by atoms with E-state index in [0.717, 1.165) is 23.0 Å². The third-order valence-corrected chi connectivity index (χ3v) is 4.04. The molecule has 2 aromatic rings. The first kappa shape index (κ1) is 15.4. The van der Waals surface area contributed by atoms with Crippen LogP contribution in [0.1, 0.15) is 25.7 Å². The molecule has 23 heavy (non-hydrogen) atoms. The van der Waals surface area contributed by atoms with Gasteiger partial charge in [-0.2, -0.15) is 0 Å². The van der Waals surface area contributed by atoms with Crippen LogP contribution in [0.2, 0.25) is 0 Å². The lowest BCUT2D eigenvalue weighted by atomic mass is 10.2. The van der Waals surface area contributed by atoms with Crippen LogP contribution in [0, 0.1) is 0 Å². The second-order valence-electron chi connectivity index (χ2n) is 5.61. The molecule has 3 rings (SSSR count). The van der Waals surface area contributed by atoms with Crippen molar-refractivity contribution in [1.29, 1.82) is 0 Å². The number of nitrogens with zero attached hydrogens (tertiary/aromatic N) is 2. The molecule has 1 aromatic carbocycles. The molecule has 0 saturated heterocycles. The maximum atomic E-state index is 5.38. The standard InChI is InChI=1S/C17H22N4O2/c1-22-13-7-8-15(23-2)14(9-13)21-17-10-16(18-11-19-17)20-12-5-3-4-6-12/h7-12H,3-6H2,1-2H3,(H2,18,19,20,21). The van der Waals surface area contributed by atoms with E-state index in [1.165, 1.54) is 25.7 Å². The fourth-order valence-electron chi connectivity index (χ4n) is 2.83. The normalized spacial score (nSPS) is 14.5. The quantitative estimate of drug-likeness (QED) is 0.849. The molecule has 1 saturated carbocycles. The van der Waals surface area contributed by atoms with Gasteiger partial charge in [-0.25, -0.2) is 9.97 Å². The molecule has 2 N–H and O–H groups in total. The van der Waals surface area contributed by atoms with Crippen LogP contribution in [0.3, 0.4) is 0 Å². The maximum absolute atomic E-state index is 5.38. The first-order valence-electron chi connectivity index (χ1n) is 7.86. The van der Waals surface area contributed by atoms with Crippen LogP contribution in [0.5, 0.6) is 11.5 Å². The highest BCUT2D eigenvalue weighted by Crippen LogP contribution is 2.31. The van der Waals surface area contributed by atoms with Gasteiger partial charge in [-0.05, 0) is 25.0 Å². The van der Waals surface area contributed by atoms with Crippen LogP contribution < -0.4 is 20.1 Å². The number of ether oxygens (including phenoxy) is 2. The monoisotopic (exact) mass is 314 g/mol. The highest BCUT2D eigenvalue weighted by Gasteiger charge is 2.15. The van der Waals surface area contributed by atoms with Crippen LogP contribution in [-0.4, -0.2) is 30.2 Å². The molecule has 122 valence electrons. The molecule has 0 spiro atoms. The fraction of sp³-hybridized carbons (Fsp3) is 0.412. The third kappa shape index (κ3) is 3.83. The van der Waals surface area contributed by atoms with Gasteiger partial charge in [0.1, 0.15) is 29.5 Å². The molecule has 0 unspecified atom stereocenters. The van der Waals surface area contributed by atoms with Gasteiger partial charge < -0.3 is 20.1 Å². The molecule has 1 fully saturated rings. The van der Waals surface area contributed by atoms with Crippen molar-refractivity contribution >= 4 is 17.3 Å².